The smallest absolute Gasteiger partial charge is 0.306 e. The number of aliphatic hydroxyl groups excluding tert-OH is 1. The van der Waals surface area contributed by atoms with Gasteiger partial charge in [-0.05, 0) is 44.9 Å². The van der Waals surface area contributed by atoms with Gasteiger partial charge in [0.15, 0.2) is 0 Å². The van der Waals surface area contributed by atoms with Crippen LogP contribution in [0.1, 0.15) is 264 Å². The summed E-state index contributed by atoms with van der Waals surface area (Å²) in [7, 11) is 0. The first-order valence-electron chi connectivity index (χ1n) is 24.4. The zero-order chi connectivity index (χ0) is 39.1. The zero-order valence-electron chi connectivity index (χ0n) is 36.8. The monoisotopic (exact) mass is 761 g/mol. The van der Waals surface area contributed by atoms with Crippen LogP contribution in [0.15, 0.2) is 24.3 Å². The molecule has 0 rings (SSSR count). The first kappa shape index (κ1) is 52.9. The Morgan fingerprint density at radius 3 is 1.15 bits per heavy atom. The second-order valence-electron chi connectivity index (χ2n) is 16.5. The molecule has 4 heteroatoms. The Bertz CT molecular complexity index is 762. The number of ether oxygens (including phenoxy) is 2. The Kier molecular flexibility index (Phi) is 47.0. The minimum absolute atomic E-state index is 0.167. The lowest BCUT2D eigenvalue weighted by Crippen LogP contribution is -2.27. The van der Waals surface area contributed by atoms with Crippen molar-refractivity contribution in [1.82, 2.24) is 0 Å². The van der Waals surface area contributed by atoms with Gasteiger partial charge in [0.2, 0.25) is 0 Å². The largest absolute Gasteiger partial charge is 0.457 e. The molecule has 0 saturated carbocycles. The molecule has 54 heavy (non-hydrogen) atoms. The van der Waals surface area contributed by atoms with E-state index in [0.717, 1.165) is 25.7 Å². The summed E-state index contributed by atoms with van der Waals surface area (Å²) in [5, 5.41) is 9.63. The molecule has 0 spiro atoms. The van der Waals surface area contributed by atoms with Gasteiger partial charge < -0.3 is 14.6 Å². The van der Waals surface area contributed by atoms with E-state index in [1.54, 1.807) is 0 Å². The van der Waals surface area contributed by atoms with E-state index >= 15 is 0 Å². The molecule has 0 aliphatic heterocycles. The van der Waals surface area contributed by atoms with E-state index in [0.29, 0.717) is 19.6 Å². The highest BCUT2D eigenvalue weighted by atomic mass is 16.6. The van der Waals surface area contributed by atoms with Gasteiger partial charge in [0.1, 0.15) is 6.10 Å². The number of hydrogen-bond donors (Lipinski definition) is 1. The maximum atomic E-state index is 12.2. The molecule has 4 nitrogen and oxygen atoms in total. The second kappa shape index (κ2) is 48.0. The van der Waals surface area contributed by atoms with Crippen LogP contribution in [0.5, 0.6) is 0 Å². The number of carbonyl (C=O) groups excluding carboxylic acids is 1. The van der Waals surface area contributed by atoms with Crippen molar-refractivity contribution in [2.24, 2.45) is 0 Å². The Hall–Kier alpha value is -1.13. The minimum atomic E-state index is -0.531. The van der Waals surface area contributed by atoms with Gasteiger partial charge >= 0.3 is 5.97 Å². The third kappa shape index (κ3) is 45.3. The molecule has 0 amide bonds. The summed E-state index contributed by atoms with van der Waals surface area (Å²) in [5.41, 5.74) is 0. The summed E-state index contributed by atoms with van der Waals surface area (Å²) < 4.78 is 11.2. The van der Waals surface area contributed by atoms with Gasteiger partial charge in [-0.2, -0.15) is 0 Å². The van der Waals surface area contributed by atoms with Gasteiger partial charge in [0, 0.05) is 13.0 Å². The molecular weight excluding hydrogens is 665 g/mol. The highest BCUT2D eigenvalue weighted by Crippen LogP contribution is 2.16. The van der Waals surface area contributed by atoms with E-state index in [4.69, 9.17) is 9.47 Å². The molecule has 0 aromatic heterocycles. The Labute approximate surface area is 338 Å². The van der Waals surface area contributed by atoms with E-state index in [-0.39, 0.29) is 12.6 Å². The molecule has 0 aromatic carbocycles. The van der Waals surface area contributed by atoms with Gasteiger partial charge in [-0.3, -0.25) is 4.79 Å². The van der Waals surface area contributed by atoms with Crippen molar-refractivity contribution in [1.29, 1.82) is 0 Å². The molecule has 1 atom stereocenters. The number of carbonyl (C=O) groups is 1. The van der Waals surface area contributed by atoms with Crippen LogP contribution in [0.25, 0.3) is 0 Å². The van der Waals surface area contributed by atoms with E-state index in [1.165, 1.54) is 218 Å². The normalized spacial score (nSPS) is 12.4. The van der Waals surface area contributed by atoms with Crippen LogP contribution in [0.2, 0.25) is 0 Å². The molecule has 0 bridgehead atoms. The van der Waals surface area contributed by atoms with E-state index < -0.39 is 6.10 Å². The molecule has 0 heterocycles. The fourth-order valence-electron chi connectivity index (χ4n) is 7.36. The van der Waals surface area contributed by atoms with Crippen LogP contribution in [-0.4, -0.2) is 37.0 Å². The van der Waals surface area contributed by atoms with Crippen LogP contribution in [0.3, 0.4) is 0 Å². The highest BCUT2D eigenvalue weighted by Gasteiger charge is 2.13. The Morgan fingerprint density at radius 1 is 0.444 bits per heavy atom. The summed E-state index contributed by atoms with van der Waals surface area (Å²) in [6.45, 7) is 5.38. The van der Waals surface area contributed by atoms with Gasteiger partial charge in [-0.15, -0.1) is 0 Å². The fraction of sp³-hybridized carbons (Fsp3) is 0.900. The van der Waals surface area contributed by atoms with Crippen LogP contribution in [0, 0.1) is 0 Å². The molecule has 0 radical (unpaired) electrons. The second-order valence-corrected chi connectivity index (χ2v) is 16.5. The highest BCUT2D eigenvalue weighted by molar-refractivity contribution is 5.69. The first-order chi connectivity index (χ1) is 26.7. The van der Waals surface area contributed by atoms with E-state index in [1.807, 2.05) is 0 Å². The molecule has 1 N–H and O–H groups in total. The van der Waals surface area contributed by atoms with Crippen molar-refractivity contribution in [3.63, 3.8) is 0 Å². The van der Waals surface area contributed by atoms with Gasteiger partial charge in [0.05, 0.1) is 13.2 Å². The number of rotatable bonds is 46. The third-order valence-corrected chi connectivity index (χ3v) is 11.0. The molecule has 0 fully saturated rings. The van der Waals surface area contributed by atoms with Gasteiger partial charge in [-0.1, -0.05) is 237 Å². The first-order valence-corrected chi connectivity index (χ1v) is 24.4. The van der Waals surface area contributed by atoms with Crippen LogP contribution >= 0.6 is 0 Å². The maximum absolute atomic E-state index is 12.2. The lowest BCUT2D eigenvalue weighted by atomic mass is 10.0. The third-order valence-electron chi connectivity index (χ3n) is 11.0. The molecule has 0 aliphatic rings. The summed E-state index contributed by atoms with van der Waals surface area (Å²) in [6.07, 6.45) is 59.7. The lowest BCUT2D eigenvalue weighted by Gasteiger charge is -2.16. The van der Waals surface area contributed by atoms with E-state index in [9.17, 15) is 9.90 Å². The summed E-state index contributed by atoms with van der Waals surface area (Å²) in [6, 6.07) is 0. The standard InChI is InChI=1S/C50H96O4/c1-3-5-7-9-11-13-15-17-19-21-23-24-25-26-27-28-30-32-34-36-38-40-42-44-46-53-48-49(47-51)54-50(52)45-43-41-39-37-35-33-31-29-22-20-18-16-14-12-10-8-6-4-2/h15,17,21,23,49,51H,3-14,16,18-20,22,24-48H2,1-2H3/b17-15-,23-21-. The van der Waals surface area contributed by atoms with Crippen LogP contribution < -0.4 is 0 Å². The SMILES string of the molecule is CCCCCCC/C=C\C/C=C\CCCCCCCCCCCCCCOCC(CO)OC(=O)CCCCCCCCCCCCCCCCCCCC. The van der Waals surface area contributed by atoms with Crippen molar-refractivity contribution in [3.8, 4) is 0 Å². The number of unbranched alkanes of at least 4 members (excludes halogenated alkanes) is 34. The summed E-state index contributed by atoms with van der Waals surface area (Å²) >= 11 is 0. The summed E-state index contributed by atoms with van der Waals surface area (Å²) in [4.78, 5) is 12.2. The minimum Gasteiger partial charge on any atom is -0.457 e. The molecule has 1 unspecified atom stereocenters. The molecule has 0 saturated heterocycles. The van der Waals surface area contributed by atoms with E-state index in [2.05, 4.69) is 38.2 Å². The van der Waals surface area contributed by atoms with Crippen molar-refractivity contribution < 1.29 is 19.4 Å². The maximum Gasteiger partial charge on any atom is 0.306 e. The predicted molar refractivity (Wildman–Crippen MR) is 237 cm³/mol. The number of allylic oxidation sites excluding steroid dienone is 4. The van der Waals surface area contributed by atoms with Crippen LogP contribution in [0.4, 0.5) is 0 Å². The topological polar surface area (TPSA) is 55.8 Å². The van der Waals surface area contributed by atoms with Crippen molar-refractivity contribution in [2.75, 3.05) is 19.8 Å². The number of esters is 1. The quantitative estimate of drug-likeness (QED) is 0.0381. The number of hydrogen-bond acceptors (Lipinski definition) is 4. The predicted octanol–water partition coefficient (Wildman–Crippen LogP) is 16.3. The fourth-order valence-corrected chi connectivity index (χ4v) is 7.36. The molecule has 320 valence electrons. The summed E-state index contributed by atoms with van der Waals surface area (Å²) in [5.74, 6) is -0.195. The number of aliphatic hydroxyl groups is 1. The zero-order valence-corrected chi connectivity index (χ0v) is 36.8. The van der Waals surface area contributed by atoms with Gasteiger partial charge in [0.25, 0.3) is 0 Å². The van der Waals surface area contributed by atoms with Crippen molar-refractivity contribution >= 4 is 5.97 Å². The molecular formula is C50H96O4. The van der Waals surface area contributed by atoms with Crippen LogP contribution in [-0.2, 0) is 14.3 Å². The Balaban J connectivity index is 3.37. The molecule has 0 aliphatic carbocycles. The van der Waals surface area contributed by atoms with Gasteiger partial charge in [-0.25, -0.2) is 0 Å². The average molecular weight is 761 g/mol. The Morgan fingerprint density at radius 2 is 0.778 bits per heavy atom. The van der Waals surface area contributed by atoms with Crippen molar-refractivity contribution in [2.45, 2.75) is 270 Å². The molecule has 0 aromatic rings. The van der Waals surface area contributed by atoms with Crippen molar-refractivity contribution in [3.05, 3.63) is 24.3 Å². The lowest BCUT2D eigenvalue weighted by molar-refractivity contribution is -0.154. The average Bonchev–Trinajstić information content (AvgIpc) is 3.18.